The molecule has 1 saturated heterocycles. The Labute approximate surface area is 133 Å². The van der Waals surface area contributed by atoms with E-state index in [4.69, 9.17) is 20.4 Å². The Hall–Kier alpha value is -2.30. The number of ether oxygens (including phenoxy) is 2. The van der Waals surface area contributed by atoms with Gasteiger partial charge in [0.2, 0.25) is 0 Å². The maximum Gasteiger partial charge on any atom is 0.338 e. The fourth-order valence-electron chi connectivity index (χ4n) is 2.11. The molecule has 1 aliphatic heterocycles. The first kappa shape index (κ1) is 17.1. The van der Waals surface area contributed by atoms with E-state index in [1.165, 1.54) is 12.1 Å². The predicted octanol–water partition coefficient (Wildman–Crippen LogP) is 1.92. The molecule has 2 atom stereocenters. The molecule has 6 nitrogen and oxygen atoms in total. The van der Waals surface area contributed by atoms with Crippen LogP contribution < -0.4 is 10.5 Å². The maximum absolute atomic E-state index is 12.8. The summed E-state index contributed by atoms with van der Waals surface area (Å²) in [5.74, 6) is 6.08. The van der Waals surface area contributed by atoms with Crippen LogP contribution in [0.3, 0.4) is 0 Å². The summed E-state index contributed by atoms with van der Waals surface area (Å²) in [6, 6.07) is 4.93. The van der Waals surface area contributed by atoms with E-state index in [0.29, 0.717) is 23.8 Å². The topological polar surface area (TPSA) is 85.0 Å². The van der Waals surface area contributed by atoms with Gasteiger partial charge in [0, 0.05) is 6.42 Å². The van der Waals surface area contributed by atoms with Crippen LogP contribution in [-0.2, 0) is 4.74 Å². The second-order valence-corrected chi connectivity index (χ2v) is 5.12. The SMILES string of the molecule is NC(=O)N(O)CCC#C[C@H]1CC[C@@H](COc2ccc(F)cc2)O1. The molecular weight excluding hydrogens is 303 g/mol. The summed E-state index contributed by atoms with van der Waals surface area (Å²) in [5, 5.41) is 9.50. The number of benzene rings is 1. The number of hydroxylamine groups is 2. The first-order valence-electron chi connectivity index (χ1n) is 7.32. The van der Waals surface area contributed by atoms with E-state index in [2.05, 4.69) is 11.8 Å². The van der Waals surface area contributed by atoms with Crippen molar-refractivity contribution in [3.05, 3.63) is 30.1 Å². The summed E-state index contributed by atoms with van der Waals surface area (Å²) in [6.07, 6.45) is 1.70. The average molecular weight is 322 g/mol. The van der Waals surface area contributed by atoms with E-state index in [9.17, 15) is 9.18 Å². The molecule has 2 amide bonds. The van der Waals surface area contributed by atoms with E-state index in [1.54, 1.807) is 12.1 Å². The minimum absolute atomic E-state index is 0.0562. The molecule has 3 N–H and O–H groups in total. The molecule has 2 rings (SSSR count). The van der Waals surface area contributed by atoms with Gasteiger partial charge in [0.15, 0.2) is 0 Å². The molecule has 7 heteroatoms. The zero-order chi connectivity index (χ0) is 16.7. The van der Waals surface area contributed by atoms with Crippen molar-refractivity contribution >= 4 is 6.03 Å². The van der Waals surface area contributed by atoms with Crippen molar-refractivity contribution in [3.8, 4) is 17.6 Å². The van der Waals surface area contributed by atoms with Gasteiger partial charge in [0.25, 0.3) is 0 Å². The van der Waals surface area contributed by atoms with Gasteiger partial charge in [-0.15, -0.1) is 0 Å². The Morgan fingerprint density at radius 3 is 2.87 bits per heavy atom. The molecule has 0 unspecified atom stereocenters. The zero-order valence-electron chi connectivity index (χ0n) is 12.6. The summed E-state index contributed by atoms with van der Waals surface area (Å²) < 4.78 is 24.0. The predicted molar refractivity (Wildman–Crippen MR) is 80.3 cm³/mol. The third kappa shape index (κ3) is 5.77. The number of hydrogen-bond acceptors (Lipinski definition) is 4. The van der Waals surface area contributed by atoms with Crippen LogP contribution in [0.1, 0.15) is 19.3 Å². The number of primary amides is 1. The molecule has 0 saturated carbocycles. The van der Waals surface area contributed by atoms with Crippen LogP contribution in [0.2, 0.25) is 0 Å². The standard InChI is InChI=1S/C16H19FN2O4/c17-12-4-6-13(7-5-12)22-11-15-9-8-14(23-15)3-1-2-10-19(21)16(18)20/h4-7,14-15,21H,2,8-11H2,(H2,18,20)/t14-,15-/m0/s1. The molecule has 1 aromatic rings. The average Bonchev–Trinajstić information content (AvgIpc) is 2.98. The lowest BCUT2D eigenvalue weighted by molar-refractivity contribution is -0.0373. The monoisotopic (exact) mass is 322 g/mol. The molecule has 1 aromatic carbocycles. The van der Waals surface area contributed by atoms with E-state index in [1.807, 2.05) is 0 Å². The van der Waals surface area contributed by atoms with Gasteiger partial charge in [0.05, 0.1) is 12.6 Å². The molecular formula is C16H19FN2O4. The minimum atomic E-state index is -0.901. The molecule has 1 fully saturated rings. The van der Waals surface area contributed by atoms with Crippen molar-refractivity contribution in [3.63, 3.8) is 0 Å². The fourth-order valence-corrected chi connectivity index (χ4v) is 2.11. The zero-order valence-corrected chi connectivity index (χ0v) is 12.6. The van der Waals surface area contributed by atoms with Crippen molar-refractivity contribution < 1.29 is 23.9 Å². The Morgan fingerprint density at radius 2 is 2.17 bits per heavy atom. The van der Waals surface area contributed by atoms with Crippen molar-refractivity contribution in [1.82, 2.24) is 5.06 Å². The van der Waals surface area contributed by atoms with Gasteiger partial charge in [-0.25, -0.2) is 14.2 Å². The van der Waals surface area contributed by atoms with Crippen LogP contribution in [-0.4, -0.2) is 41.7 Å². The molecule has 23 heavy (non-hydrogen) atoms. The fraction of sp³-hybridized carbons (Fsp3) is 0.438. The van der Waals surface area contributed by atoms with Gasteiger partial charge in [0.1, 0.15) is 24.3 Å². The Balaban J connectivity index is 1.68. The van der Waals surface area contributed by atoms with Gasteiger partial charge >= 0.3 is 6.03 Å². The summed E-state index contributed by atoms with van der Waals surface area (Å²) >= 11 is 0. The van der Waals surface area contributed by atoms with Gasteiger partial charge in [-0.05, 0) is 37.1 Å². The highest BCUT2D eigenvalue weighted by Gasteiger charge is 2.24. The van der Waals surface area contributed by atoms with Gasteiger partial charge in [-0.3, -0.25) is 5.21 Å². The lowest BCUT2D eigenvalue weighted by Gasteiger charge is -2.12. The van der Waals surface area contributed by atoms with E-state index in [0.717, 1.165) is 12.8 Å². The number of rotatable bonds is 5. The number of hydrogen-bond donors (Lipinski definition) is 2. The summed E-state index contributed by atoms with van der Waals surface area (Å²) in [5.41, 5.74) is 4.88. The molecule has 0 spiro atoms. The molecule has 0 radical (unpaired) electrons. The Bertz CT molecular complexity index is 582. The summed E-state index contributed by atoms with van der Waals surface area (Å²) in [7, 11) is 0. The summed E-state index contributed by atoms with van der Waals surface area (Å²) in [4.78, 5) is 10.6. The van der Waals surface area contributed by atoms with Crippen LogP contribution in [0.15, 0.2) is 24.3 Å². The van der Waals surface area contributed by atoms with Crippen LogP contribution in [0, 0.1) is 17.7 Å². The quantitative estimate of drug-likeness (QED) is 0.493. The number of carbonyl (C=O) groups excluding carboxylic acids is 1. The number of nitrogens with zero attached hydrogens (tertiary/aromatic N) is 1. The third-order valence-electron chi connectivity index (χ3n) is 3.32. The first-order chi connectivity index (χ1) is 11.0. The highest BCUT2D eigenvalue weighted by molar-refractivity contribution is 5.70. The maximum atomic E-state index is 12.8. The smallest absolute Gasteiger partial charge is 0.338 e. The molecule has 1 aliphatic rings. The van der Waals surface area contributed by atoms with Gasteiger partial charge in [-0.2, -0.15) is 0 Å². The molecule has 0 bridgehead atoms. The highest BCUT2D eigenvalue weighted by Crippen LogP contribution is 2.20. The molecule has 0 aliphatic carbocycles. The van der Waals surface area contributed by atoms with E-state index >= 15 is 0 Å². The Kier molecular flexibility index (Phi) is 6.20. The van der Waals surface area contributed by atoms with Crippen molar-refractivity contribution in [2.24, 2.45) is 5.73 Å². The van der Waals surface area contributed by atoms with Crippen LogP contribution in [0.4, 0.5) is 9.18 Å². The second kappa shape index (κ2) is 8.36. The molecule has 124 valence electrons. The van der Waals surface area contributed by atoms with Crippen molar-refractivity contribution in [1.29, 1.82) is 0 Å². The normalized spacial score (nSPS) is 19.7. The lowest BCUT2D eigenvalue weighted by atomic mass is 10.2. The van der Waals surface area contributed by atoms with Crippen molar-refractivity contribution in [2.75, 3.05) is 13.2 Å². The highest BCUT2D eigenvalue weighted by atomic mass is 19.1. The number of halogens is 1. The van der Waals surface area contributed by atoms with Crippen LogP contribution >= 0.6 is 0 Å². The molecule has 0 aromatic heterocycles. The minimum Gasteiger partial charge on any atom is -0.491 e. The number of amides is 2. The van der Waals surface area contributed by atoms with E-state index in [-0.39, 0.29) is 24.6 Å². The van der Waals surface area contributed by atoms with Crippen LogP contribution in [0.25, 0.3) is 0 Å². The van der Waals surface area contributed by atoms with E-state index < -0.39 is 6.03 Å². The van der Waals surface area contributed by atoms with Crippen molar-refractivity contribution in [2.45, 2.75) is 31.5 Å². The van der Waals surface area contributed by atoms with Gasteiger partial charge < -0.3 is 15.2 Å². The largest absolute Gasteiger partial charge is 0.491 e. The second-order valence-electron chi connectivity index (χ2n) is 5.12. The first-order valence-corrected chi connectivity index (χ1v) is 7.32. The van der Waals surface area contributed by atoms with Gasteiger partial charge in [-0.1, -0.05) is 11.8 Å². The van der Waals surface area contributed by atoms with Crippen LogP contribution in [0.5, 0.6) is 5.75 Å². The molecule has 1 heterocycles. The lowest BCUT2D eigenvalue weighted by Crippen LogP contribution is -2.33. The number of urea groups is 1. The number of carbonyl (C=O) groups is 1. The summed E-state index contributed by atoms with van der Waals surface area (Å²) in [6.45, 7) is 0.446. The number of nitrogens with two attached hydrogens (primary N) is 1. The third-order valence-corrected chi connectivity index (χ3v) is 3.32. The Morgan fingerprint density at radius 1 is 1.43 bits per heavy atom.